The van der Waals surface area contributed by atoms with Crippen molar-refractivity contribution in [2.45, 2.75) is 66.3 Å². The van der Waals surface area contributed by atoms with Crippen LogP contribution in [0.25, 0.3) is 0 Å². The van der Waals surface area contributed by atoms with Crippen molar-refractivity contribution in [1.29, 1.82) is 0 Å². The maximum Gasteiger partial charge on any atom is 0.261 e. The van der Waals surface area contributed by atoms with Gasteiger partial charge in [-0.05, 0) is 68.4 Å². The van der Waals surface area contributed by atoms with E-state index in [2.05, 4.69) is 18.3 Å². The van der Waals surface area contributed by atoms with Crippen molar-refractivity contribution in [3.05, 3.63) is 64.7 Å². The molecular formula is C27H38N2O3. The molecule has 5 heteroatoms. The van der Waals surface area contributed by atoms with Crippen LogP contribution < -0.4 is 10.1 Å². The van der Waals surface area contributed by atoms with E-state index in [-0.39, 0.29) is 18.4 Å². The molecular weight excluding hydrogens is 400 g/mol. The monoisotopic (exact) mass is 438 g/mol. The van der Waals surface area contributed by atoms with E-state index in [0.29, 0.717) is 25.9 Å². The Morgan fingerprint density at radius 2 is 1.78 bits per heavy atom. The number of aryl methyl sites for hydroxylation is 2. The summed E-state index contributed by atoms with van der Waals surface area (Å²) in [6, 6.07) is 13.6. The van der Waals surface area contributed by atoms with Crippen LogP contribution in [-0.4, -0.2) is 42.5 Å². The molecule has 0 spiro atoms. The Hall–Kier alpha value is -2.82. The summed E-state index contributed by atoms with van der Waals surface area (Å²) in [5.41, 5.74) is 4.40. The molecule has 5 nitrogen and oxygen atoms in total. The third-order valence-electron chi connectivity index (χ3n) is 5.81. The van der Waals surface area contributed by atoms with Crippen molar-refractivity contribution in [3.8, 4) is 5.75 Å². The lowest BCUT2D eigenvalue weighted by molar-refractivity contribution is -0.142. The highest BCUT2D eigenvalue weighted by atomic mass is 16.5. The van der Waals surface area contributed by atoms with Gasteiger partial charge in [0, 0.05) is 13.1 Å². The van der Waals surface area contributed by atoms with Gasteiger partial charge in [-0.1, -0.05) is 56.7 Å². The van der Waals surface area contributed by atoms with E-state index >= 15 is 0 Å². The Balaban J connectivity index is 2.15. The molecule has 32 heavy (non-hydrogen) atoms. The number of benzene rings is 2. The molecule has 2 aromatic rings. The van der Waals surface area contributed by atoms with Crippen LogP contribution in [0, 0.1) is 20.8 Å². The Labute approximate surface area is 193 Å². The van der Waals surface area contributed by atoms with Crippen LogP contribution in [0.2, 0.25) is 0 Å². The predicted octanol–water partition coefficient (Wildman–Crippen LogP) is 4.76. The number of nitrogens with one attached hydrogen (secondary N) is 1. The molecule has 0 aromatic heterocycles. The van der Waals surface area contributed by atoms with Crippen LogP contribution in [0.15, 0.2) is 42.5 Å². The van der Waals surface area contributed by atoms with E-state index in [9.17, 15) is 9.59 Å². The number of hydrogen-bond acceptors (Lipinski definition) is 3. The van der Waals surface area contributed by atoms with Crippen molar-refractivity contribution >= 4 is 11.8 Å². The van der Waals surface area contributed by atoms with Crippen molar-refractivity contribution < 1.29 is 14.3 Å². The molecule has 0 fully saturated rings. The maximum absolute atomic E-state index is 13.3. The quantitative estimate of drug-likeness (QED) is 0.486. The standard InChI is InChI=1S/C27H38N2O3/c1-6-8-15-28-27(31)24(7-2)29(16-14-23-12-10-9-11-13-23)26(30)19-32-25-18-20(3)17-21(4)22(25)5/h9-13,17-18,24H,6-8,14-16,19H2,1-5H3,(H,28,31)/t24-/m0/s1. The summed E-state index contributed by atoms with van der Waals surface area (Å²) in [6.07, 6.45) is 3.18. The molecule has 0 aliphatic carbocycles. The fraction of sp³-hybridized carbons (Fsp3) is 0.481. The SMILES string of the molecule is CCCCNC(=O)[C@H](CC)N(CCc1ccccc1)C(=O)COc1cc(C)cc(C)c1C. The third-order valence-corrected chi connectivity index (χ3v) is 5.81. The van der Waals surface area contributed by atoms with Gasteiger partial charge in [0.2, 0.25) is 5.91 Å². The lowest BCUT2D eigenvalue weighted by atomic mass is 10.1. The first-order chi connectivity index (χ1) is 15.4. The highest BCUT2D eigenvalue weighted by molar-refractivity contribution is 5.88. The maximum atomic E-state index is 13.3. The molecule has 0 saturated heterocycles. The number of nitrogens with zero attached hydrogens (tertiary/aromatic N) is 1. The minimum absolute atomic E-state index is 0.0860. The average molecular weight is 439 g/mol. The lowest BCUT2D eigenvalue weighted by Crippen LogP contribution is -2.51. The Morgan fingerprint density at radius 3 is 2.44 bits per heavy atom. The summed E-state index contributed by atoms with van der Waals surface area (Å²) in [5.74, 6) is 0.459. The fourth-order valence-electron chi connectivity index (χ4n) is 3.78. The molecule has 2 aromatic carbocycles. The molecule has 0 radical (unpaired) electrons. The van der Waals surface area contributed by atoms with Gasteiger partial charge in [-0.2, -0.15) is 0 Å². The van der Waals surface area contributed by atoms with E-state index in [1.165, 1.54) is 0 Å². The molecule has 1 N–H and O–H groups in total. The number of amides is 2. The van der Waals surface area contributed by atoms with Crippen LogP contribution in [0.3, 0.4) is 0 Å². The van der Waals surface area contributed by atoms with Gasteiger partial charge in [0.05, 0.1) is 0 Å². The normalized spacial score (nSPS) is 11.7. The number of carbonyl (C=O) groups is 2. The minimum Gasteiger partial charge on any atom is -0.483 e. The number of ether oxygens (including phenoxy) is 1. The second kappa shape index (κ2) is 12.9. The van der Waals surface area contributed by atoms with Gasteiger partial charge in [-0.15, -0.1) is 0 Å². The summed E-state index contributed by atoms with van der Waals surface area (Å²) in [6.45, 7) is 11.1. The van der Waals surface area contributed by atoms with E-state index in [0.717, 1.165) is 40.8 Å². The fourth-order valence-corrected chi connectivity index (χ4v) is 3.78. The summed E-state index contributed by atoms with van der Waals surface area (Å²) >= 11 is 0. The van der Waals surface area contributed by atoms with Crippen LogP contribution >= 0.6 is 0 Å². The molecule has 0 heterocycles. The summed E-state index contributed by atoms with van der Waals surface area (Å²) in [5, 5.41) is 2.99. The van der Waals surface area contributed by atoms with Gasteiger partial charge in [0.15, 0.2) is 6.61 Å². The van der Waals surface area contributed by atoms with E-state index < -0.39 is 6.04 Å². The van der Waals surface area contributed by atoms with Crippen molar-refractivity contribution in [3.63, 3.8) is 0 Å². The molecule has 174 valence electrons. The van der Waals surface area contributed by atoms with Crippen molar-refractivity contribution in [1.82, 2.24) is 10.2 Å². The first kappa shape index (κ1) is 25.4. The van der Waals surface area contributed by atoms with E-state index in [4.69, 9.17) is 4.74 Å². The van der Waals surface area contributed by atoms with Crippen LogP contribution in [0.4, 0.5) is 0 Å². The highest BCUT2D eigenvalue weighted by Crippen LogP contribution is 2.23. The first-order valence-corrected chi connectivity index (χ1v) is 11.7. The molecule has 1 atom stereocenters. The Morgan fingerprint density at radius 1 is 1.06 bits per heavy atom. The average Bonchev–Trinajstić information content (AvgIpc) is 2.78. The van der Waals surface area contributed by atoms with E-state index in [1.807, 2.05) is 64.1 Å². The van der Waals surface area contributed by atoms with E-state index in [1.54, 1.807) is 4.90 Å². The topological polar surface area (TPSA) is 58.6 Å². The number of rotatable bonds is 12. The molecule has 0 bridgehead atoms. The largest absolute Gasteiger partial charge is 0.483 e. The number of carbonyl (C=O) groups excluding carboxylic acids is 2. The molecule has 0 unspecified atom stereocenters. The lowest BCUT2D eigenvalue weighted by Gasteiger charge is -2.30. The van der Waals surface area contributed by atoms with Gasteiger partial charge in [0.1, 0.15) is 11.8 Å². The second-order valence-electron chi connectivity index (χ2n) is 8.38. The summed E-state index contributed by atoms with van der Waals surface area (Å²) in [4.78, 5) is 27.8. The van der Waals surface area contributed by atoms with Crippen molar-refractivity contribution in [2.75, 3.05) is 19.7 Å². The smallest absolute Gasteiger partial charge is 0.261 e. The van der Waals surface area contributed by atoms with Gasteiger partial charge in [0.25, 0.3) is 5.91 Å². The van der Waals surface area contributed by atoms with Gasteiger partial charge in [-0.3, -0.25) is 9.59 Å². The van der Waals surface area contributed by atoms with Gasteiger partial charge >= 0.3 is 0 Å². The Kier molecular flexibility index (Phi) is 10.3. The predicted molar refractivity (Wildman–Crippen MR) is 130 cm³/mol. The van der Waals surface area contributed by atoms with Gasteiger partial charge in [-0.25, -0.2) is 0 Å². The second-order valence-corrected chi connectivity index (χ2v) is 8.38. The zero-order valence-electron chi connectivity index (χ0n) is 20.2. The third kappa shape index (κ3) is 7.40. The Bertz CT molecular complexity index is 880. The molecule has 0 saturated carbocycles. The van der Waals surface area contributed by atoms with Crippen molar-refractivity contribution in [2.24, 2.45) is 0 Å². The minimum atomic E-state index is -0.507. The number of hydrogen-bond donors (Lipinski definition) is 1. The molecule has 2 amide bonds. The summed E-state index contributed by atoms with van der Waals surface area (Å²) < 4.78 is 5.94. The van der Waals surface area contributed by atoms with Gasteiger partial charge < -0.3 is 15.0 Å². The first-order valence-electron chi connectivity index (χ1n) is 11.7. The zero-order chi connectivity index (χ0) is 23.5. The zero-order valence-corrected chi connectivity index (χ0v) is 20.2. The highest BCUT2D eigenvalue weighted by Gasteiger charge is 2.28. The molecule has 0 aliphatic heterocycles. The van der Waals surface area contributed by atoms with Crippen LogP contribution in [-0.2, 0) is 16.0 Å². The summed E-state index contributed by atoms with van der Waals surface area (Å²) in [7, 11) is 0. The number of unbranched alkanes of at least 4 members (excludes halogenated alkanes) is 1. The molecule has 0 aliphatic rings. The molecule has 2 rings (SSSR count). The van der Waals surface area contributed by atoms with Crippen LogP contribution in [0.5, 0.6) is 5.75 Å². The van der Waals surface area contributed by atoms with Crippen LogP contribution in [0.1, 0.15) is 55.4 Å².